The number of pyridine rings is 1. The van der Waals surface area contributed by atoms with Crippen LogP contribution in [0.3, 0.4) is 0 Å². The summed E-state index contributed by atoms with van der Waals surface area (Å²) < 4.78 is 0. The Hall–Kier alpha value is -3.39. The Kier molecular flexibility index (Phi) is 3.36. The van der Waals surface area contributed by atoms with Gasteiger partial charge in [0.2, 0.25) is 0 Å². The molecule has 0 atom stereocenters. The molecule has 2 heterocycles. The Bertz CT molecular complexity index is 1060. The highest BCUT2D eigenvalue weighted by Gasteiger charge is 2.38. The highest BCUT2D eigenvalue weighted by atomic mass is 14.9. The lowest BCUT2D eigenvalue weighted by molar-refractivity contribution is 0.772. The highest BCUT2D eigenvalue weighted by molar-refractivity contribution is 5.94. The largest absolute Gasteiger partial charge is 0.360 e. The number of allylic oxidation sites excluding steroid dienone is 1. The summed E-state index contributed by atoms with van der Waals surface area (Å²) in [6, 6.07) is 29.9. The smallest absolute Gasteiger partial charge is 0.0939 e. The summed E-state index contributed by atoms with van der Waals surface area (Å²) in [4.78, 5) is 4.65. The maximum Gasteiger partial charge on any atom is 0.0939 e. The summed E-state index contributed by atoms with van der Waals surface area (Å²) in [6.45, 7) is 0. The van der Waals surface area contributed by atoms with Crippen molar-refractivity contribution in [1.29, 1.82) is 0 Å². The first-order chi connectivity index (χ1) is 12.9. The van der Waals surface area contributed by atoms with Crippen molar-refractivity contribution in [1.82, 2.24) is 4.98 Å². The van der Waals surface area contributed by atoms with Crippen molar-refractivity contribution in [2.24, 2.45) is 0 Å². The molecule has 2 nitrogen and oxygen atoms in total. The molecule has 0 saturated heterocycles. The van der Waals surface area contributed by atoms with Crippen LogP contribution in [-0.4, -0.2) is 4.98 Å². The normalized spacial score (nSPS) is 14.6. The van der Waals surface area contributed by atoms with Crippen molar-refractivity contribution in [3.63, 3.8) is 0 Å². The number of aromatic nitrogens is 1. The fraction of sp³-hybridized carbons (Fsp3) is 0.0417. The number of nitrogens with zero attached hydrogens (tertiary/aromatic N) is 1. The lowest BCUT2D eigenvalue weighted by atomic mass is 9.68. The topological polar surface area (TPSA) is 24.9 Å². The van der Waals surface area contributed by atoms with Crippen molar-refractivity contribution in [2.45, 2.75) is 5.41 Å². The Balaban J connectivity index is 1.89. The third-order valence-corrected chi connectivity index (χ3v) is 5.22. The zero-order valence-corrected chi connectivity index (χ0v) is 14.3. The Morgan fingerprint density at radius 2 is 1.38 bits per heavy atom. The Morgan fingerprint density at radius 1 is 0.692 bits per heavy atom. The van der Waals surface area contributed by atoms with Crippen LogP contribution in [0.1, 0.15) is 16.7 Å². The second-order valence-electron chi connectivity index (χ2n) is 6.58. The average molecular weight is 334 g/mol. The molecule has 0 aliphatic carbocycles. The van der Waals surface area contributed by atoms with Gasteiger partial charge in [-0.15, -0.1) is 0 Å². The maximum atomic E-state index is 4.65. The molecule has 0 radical (unpaired) electrons. The quantitative estimate of drug-likeness (QED) is 0.523. The minimum Gasteiger partial charge on any atom is -0.360 e. The van der Waals surface area contributed by atoms with Crippen LogP contribution in [0.15, 0.2) is 103 Å². The lowest BCUT2D eigenvalue weighted by Crippen LogP contribution is -2.30. The van der Waals surface area contributed by atoms with Crippen LogP contribution in [0, 0.1) is 0 Å². The number of nitrogens with one attached hydrogen (secondary N) is 1. The lowest BCUT2D eigenvalue weighted by Gasteiger charge is -2.37. The van der Waals surface area contributed by atoms with Crippen LogP contribution >= 0.6 is 0 Å². The summed E-state index contributed by atoms with van der Waals surface area (Å²) in [6.07, 6.45) is 6.17. The first kappa shape index (κ1) is 14.9. The standard InChI is InChI=1S/C24H18N2/c1-3-9-19(10-4-1)24(20-11-5-2-6-12-20)15-17-26-23-21(24)14-13-18-8-7-16-25-22(18)23/h1-17,26H. The number of anilines is 1. The van der Waals surface area contributed by atoms with E-state index < -0.39 is 0 Å². The zero-order chi connectivity index (χ0) is 17.4. The van der Waals surface area contributed by atoms with E-state index in [0.29, 0.717) is 0 Å². The van der Waals surface area contributed by atoms with Gasteiger partial charge in [-0.05, 0) is 35.0 Å². The van der Waals surface area contributed by atoms with E-state index in [4.69, 9.17) is 0 Å². The SMILES string of the molecule is C1=CC(c2ccccc2)(c2ccccc2)c2ccc3cccnc3c2N1. The number of hydrogen-bond acceptors (Lipinski definition) is 2. The van der Waals surface area contributed by atoms with Gasteiger partial charge in [0.1, 0.15) is 0 Å². The average Bonchev–Trinajstić information content (AvgIpc) is 2.74. The van der Waals surface area contributed by atoms with E-state index >= 15 is 0 Å². The molecular formula is C24H18N2. The van der Waals surface area contributed by atoms with Gasteiger partial charge in [-0.1, -0.05) is 78.9 Å². The molecule has 1 aliphatic heterocycles. The Morgan fingerprint density at radius 3 is 2.08 bits per heavy atom. The van der Waals surface area contributed by atoms with Crippen LogP contribution in [-0.2, 0) is 5.41 Å². The number of benzene rings is 3. The zero-order valence-electron chi connectivity index (χ0n) is 14.3. The fourth-order valence-electron chi connectivity index (χ4n) is 4.03. The van der Waals surface area contributed by atoms with Crippen molar-refractivity contribution >= 4 is 16.6 Å². The molecule has 0 saturated carbocycles. The third-order valence-electron chi connectivity index (χ3n) is 5.22. The number of fused-ring (bicyclic) bond motifs is 3. The minimum atomic E-state index is -0.338. The van der Waals surface area contributed by atoms with Gasteiger partial charge in [0, 0.05) is 11.6 Å². The van der Waals surface area contributed by atoms with Crippen LogP contribution in [0.5, 0.6) is 0 Å². The van der Waals surface area contributed by atoms with Crippen LogP contribution in [0.2, 0.25) is 0 Å². The fourth-order valence-corrected chi connectivity index (χ4v) is 4.03. The molecule has 124 valence electrons. The summed E-state index contributed by atoms with van der Waals surface area (Å²) in [7, 11) is 0. The molecule has 4 aromatic rings. The first-order valence-electron chi connectivity index (χ1n) is 8.83. The van der Waals surface area contributed by atoms with E-state index in [-0.39, 0.29) is 5.41 Å². The molecule has 0 bridgehead atoms. The van der Waals surface area contributed by atoms with E-state index in [1.807, 2.05) is 12.3 Å². The molecule has 0 amide bonds. The van der Waals surface area contributed by atoms with Gasteiger partial charge in [0.25, 0.3) is 0 Å². The van der Waals surface area contributed by atoms with E-state index in [0.717, 1.165) is 16.6 Å². The molecule has 0 spiro atoms. The molecule has 1 aliphatic rings. The van der Waals surface area contributed by atoms with Crippen molar-refractivity contribution in [2.75, 3.05) is 5.32 Å². The molecular weight excluding hydrogens is 316 g/mol. The molecule has 2 heteroatoms. The van der Waals surface area contributed by atoms with Crippen LogP contribution in [0.25, 0.3) is 10.9 Å². The third kappa shape index (κ3) is 2.09. The van der Waals surface area contributed by atoms with E-state index in [2.05, 4.69) is 101 Å². The van der Waals surface area contributed by atoms with Gasteiger partial charge in [-0.2, -0.15) is 0 Å². The molecule has 0 fully saturated rings. The minimum absolute atomic E-state index is 0.338. The van der Waals surface area contributed by atoms with Crippen LogP contribution < -0.4 is 5.32 Å². The molecule has 3 aromatic carbocycles. The van der Waals surface area contributed by atoms with Gasteiger partial charge in [0.05, 0.1) is 16.6 Å². The van der Waals surface area contributed by atoms with Gasteiger partial charge in [0.15, 0.2) is 0 Å². The van der Waals surface area contributed by atoms with Gasteiger partial charge in [-0.3, -0.25) is 4.98 Å². The van der Waals surface area contributed by atoms with E-state index in [1.54, 1.807) is 0 Å². The molecule has 0 unspecified atom stereocenters. The predicted molar refractivity (Wildman–Crippen MR) is 107 cm³/mol. The molecule has 1 N–H and O–H groups in total. The molecule has 5 rings (SSSR count). The summed E-state index contributed by atoms with van der Waals surface area (Å²) in [5, 5.41) is 4.60. The highest BCUT2D eigenvalue weighted by Crippen LogP contribution is 2.47. The second-order valence-corrected chi connectivity index (χ2v) is 6.58. The first-order valence-corrected chi connectivity index (χ1v) is 8.83. The summed E-state index contributed by atoms with van der Waals surface area (Å²) in [5.41, 5.74) is 5.47. The predicted octanol–water partition coefficient (Wildman–Crippen LogP) is 5.51. The van der Waals surface area contributed by atoms with Crippen LogP contribution in [0.4, 0.5) is 5.69 Å². The molecule has 26 heavy (non-hydrogen) atoms. The monoisotopic (exact) mass is 334 g/mol. The summed E-state index contributed by atoms with van der Waals surface area (Å²) in [5.74, 6) is 0. The summed E-state index contributed by atoms with van der Waals surface area (Å²) >= 11 is 0. The van der Waals surface area contributed by atoms with E-state index in [9.17, 15) is 0 Å². The Labute approximate surface area is 152 Å². The van der Waals surface area contributed by atoms with E-state index in [1.165, 1.54) is 16.7 Å². The molecule has 1 aromatic heterocycles. The maximum absolute atomic E-state index is 4.65. The van der Waals surface area contributed by atoms with Crippen molar-refractivity contribution < 1.29 is 0 Å². The van der Waals surface area contributed by atoms with Gasteiger partial charge >= 0.3 is 0 Å². The van der Waals surface area contributed by atoms with Crippen molar-refractivity contribution in [3.05, 3.63) is 120 Å². The van der Waals surface area contributed by atoms with Gasteiger partial charge in [-0.25, -0.2) is 0 Å². The second kappa shape index (κ2) is 5.85. The van der Waals surface area contributed by atoms with Crippen molar-refractivity contribution in [3.8, 4) is 0 Å². The number of rotatable bonds is 2. The number of hydrogen-bond donors (Lipinski definition) is 1. The van der Waals surface area contributed by atoms with Gasteiger partial charge < -0.3 is 5.32 Å².